The summed E-state index contributed by atoms with van der Waals surface area (Å²) in [7, 11) is 3.14. The van der Waals surface area contributed by atoms with Crippen molar-refractivity contribution in [2.75, 3.05) is 38.8 Å². The van der Waals surface area contributed by atoms with Gasteiger partial charge in [0.15, 0.2) is 0 Å². The predicted octanol–water partition coefficient (Wildman–Crippen LogP) is 3.84. The topological polar surface area (TPSA) is 59.1 Å². The maximum Gasteiger partial charge on any atom is 0.254 e. The Morgan fingerprint density at radius 1 is 0.935 bits per heavy atom. The van der Waals surface area contributed by atoms with E-state index in [0.717, 1.165) is 25.1 Å². The summed E-state index contributed by atoms with van der Waals surface area (Å²) in [6.07, 6.45) is 3.39. The van der Waals surface area contributed by atoms with Gasteiger partial charge in [0.2, 0.25) is 5.91 Å². The Hall–Kier alpha value is -3.02. The van der Waals surface area contributed by atoms with Crippen molar-refractivity contribution in [1.82, 2.24) is 4.90 Å². The first-order valence-corrected chi connectivity index (χ1v) is 10.9. The van der Waals surface area contributed by atoms with Gasteiger partial charge in [-0.15, -0.1) is 0 Å². The number of methoxy groups -OCH3 is 2. The van der Waals surface area contributed by atoms with Crippen LogP contribution in [0.4, 0.5) is 5.69 Å². The molecule has 1 fully saturated rings. The number of likely N-dealkylation sites (tertiary alicyclic amines) is 1. The minimum atomic E-state index is -0.0538. The number of carbonyl (C=O) groups is 2. The van der Waals surface area contributed by atoms with Crippen LogP contribution in [0.5, 0.6) is 11.5 Å². The molecule has 2 aliphatic heterocycles. The van der Waals surface area contributed by atoms with Crippen molar-refractivity contribution < 1.29 is 19.1 Å². The lowest BCUT2D eigenvalue weighted by atomic mass is 9.92. The van der Waals surface area contributed by atoms with Gasteiger partial charge in [-0.2, -0.15) is 0 Å². The molecule has 2 aromatic carbocycles. The minimum absolute atomic E-state index is 0.0452. The number of fused-ring (bicyclic) bond motifs is 1. The van der Waals surface area contributed by atoms with Gasteiger partial charge >= 0.3 is 0 Å². The fraction of sp³-hybridized carbons (Fsp3) is 0.440. The molecule has 2 aromatic rings. The third kappa shape index (κ3) is 4.38. The van der Waals surface area contributed by atoms with Crippen molar-refractivity contribution in [3.63, 3.8) is 0 Å². The summed E-state index contributed by atoms with van der Waals surface area (Å²) in [4.78, 5) is 30.1. The van der Waals surface area contributed by atoms with E-state index in [4.69, 9.17) is 9.47 Å². The fourth-order valence-electron chi connectivity index (χ4n) is 4.62. The first kappa shape index (κ1) is 21.2. The molecule has 164 valence electrons. The molecule has 0 unspecified atom stereocenters. The molecule has 0 atom stereocenters. The maximum absolute atomic E-state index is 13.3. The number of rotatable bonds is 4. The van der Waals surface area contributed by atoms with Crippen molar-refractivity contribution in [2.24, 2.45) is 5.92 Å². The Kier molecular flexibility index (Phi) is 6.16. The molecule has 2 amide bonds. The second-order valence-corrected chi connectivity index (χ2v) is 8.39. The molecule has 4 rings (SSSR count). The first-order chi connectivity index (χ1) is 15.0. The summed E-state index contributed by atoms with van der Waals surface area (Å²) in [5.41, 5.74) is 4.10. The predicted molar refractivity (Wildman–Crippen MR) is 120 cm³/mol. The van der Waals surface area contributed by atoms with Crippen LogP contribution in [0.2, 0.25) is 0 Å². The van der Waals surface area contributed by atoms with Crippen molar-refractivity contribution in [3.05, 3.63) is 53.1 Å². The maximum atomic E-state index is 13.3. The summed E-state index contributed by atoms with van der Waals surface area (Å²) in [5, 5.41) is 0. The highest BCUT2D eigenvalue weighted by molar-refractivity contribution is 5.97. The molecule has 1 saturated heterocycles. The van der Waals surface area contributed by atoms with E-state index < -0.39 is 0 Å². The van der Waals surface area contributed by atoms with Gasteiger partial charge in [-0.1, -0.05) is 17.7 Å². The number of amides is 2. The number of ether oxygens (including phenoxy) is 2. The van der Waals surface area contributed by atoms with Crippen LogP contribution in [0.1, 0.15) is 40.7 Å². The normalized spacial score (nSPS) is 16.6. The number of hydrogen-bond donors (Lipinski definition) is 0. The average molecular weight is 423 g/mol. The molecule has 2 aliphatic rings. The van der Waals surface area contributed by atoms with Gasteiger partial charge in [0.1, 0.15) is 11.5 Å². The van der Waals surface area contributed by atoms with Gasteiger partial charge in [-0.05, 0) is 56.4 Å². The standard InChI is InChI=1S/C25H30N2O4/c1-17-6-7-23-19(13-17)5-4-10-27(23)25(29)18-8-11-26(12-9-18)24(28)20-14-21(30-2)16-22(15-20)31-3/h6-7,13-16,18H,4-5,8-12H2,1-3H3. The highest BCUT2D eigenvalue weighted by Gasteiger charge is 2.33. The summed E-state index contributed by atoms with van der Waals surface area (Å²) < 4.78 is 10.6. The Bertz CT molecular complexity index is 957. The Morgan fingerprint density at radius 3 is 2.26 bits per heavy atom. The highest BCUT2D eigenvalue weighted by Crippen LogP contribution is 2.32. The molecule has 0 spiro atoms. The zero-order chi connectivity index (χ0) is 22.0. The van der Waals surface area contributed by atoms with E-state index in [1.807, 2.05) is 9.80 Å². The zero-order valence-corrected chi connectivity index (χ0v) is 18.5. The average Bonchev–Trinajstić information content (AvgIpc) is 2.82. The van der Waals surface area contributed by atoms with Crippen LogP contribution < -0.4 is 14.4 Å². The van der Waals surface area contributed by atoms with Gasteiger partial charge in [0.05, 0.1) is 14.2 Å². The van der Waals surface area contributed by atoms with E-state index >= 15 is 0 Å². The number of benzene rings is 2. The van der Waals surface area contributed by atoms with Gasteiger partial charge in [0.25, 0.3) is 5.91 Å². The number of nitrogens with zero attached hydrogens (tertiary/aromatic N) is 2. The Balaban J connectivity index is 1.42. The molecular weight excluding hydrogens is 392 g/mol. The van der Waals surface area contributed by atoms with Crippen LogP contribution in [0.25, 0.3) is 0 Å². The van der Waals surface area contributed by atoms with Crippen LogP contribution in [0, 0.1) is 12.8 Å². The Morgan fingerprint density at radius 2 is 1.61 bits per heavy atom. The summed E-state index contributed by atoms with van der Waals surface area (Å²) in [6, 6.07) is 11.6. The molecule has 6 nitrogen and oxygen atoms in total. The number of carbonyl (C=O) groups excluding carboxylic acids is 2. The van der Waals surface area contributed by atoms with Gasteiger partial charge in [0, 0.05) is 42.9 Å². The summed E-state index contributed by atoms with van der Waals surface area (Å²) in [6.45, 7) is 4.01. The molecular formula is C25H30N2O4. The minimum Gasteiger partial charge on any atom is -0.497 e. The SMILES string of the molecule is COc1cc(OC)cc(C(=O)N2CCC(C(=O)N3CCCc4cc(C)ccc43)CC2)c1. The Labute approximate surface area is 183 Å². The lowest BCUT2D eigenvalue weighted by Crippen LogP contribution is -2.45. The molecule has 2 heterocycles. The van der Waals surface area contributed by atoms with Crippen LogP contribution in [0.15, 0.2) is 36.4 Å². The third-order valence-corrected chi connectivity index (χ3v) is 6.35. The second kappa shape index (κ2) is 9.00. The molecule has 0 N–H and O–H groups in total. The van der Waals surface area contributed by atoms with Crippen molar-refractivity contribution in [2.45, 2.75) is 32.6 Å². The highest BCUT2D eigenvalue weighted by atomic mass is 16.5. The van der Waals surface area contributed by atoms with E-state index in [-0.39, 0.29) is 17.7 Å². The van der Waals surface area contributed by atoms with Crippen LogP contribution in [0.3, 0.4) is 0 Å². The third-order valence-electron chi connectivity index (χ3n) is 6.35. The van der Waals surface area contributed by atoms with Crippen molar-refractivity contribution in [1.29, 1.82) is 0 Å². The van der Waals surface area contributed by atoms with Crippen molar-refractivity contribution >= 4 is 17.5 Å². The molecule has 0 bridgehead atoms. The second-order valence-electron chi connectivity index (χ2n) is 8.39. The molecule has 0 aliphatic carbocycles. The van der Waals surface area contributed by atoms with Crippen LogP contribution in [-0.4, -0.2) is 50.6 Å². The van der Waals surface area contributed by atoms with E-state index in [1.165, 1.54) is 11.1 Å². The van der Waals surface area contributed by atoms with E-state index in [0.29, 0.717) is 43.0 Å². The number of piperidine rings is 1. The molecule has 0 aromatic heterocycles. The van der Waals surface area contributed by atoms with Crippen LogP contribution >= 0.6 is 0 Å². The van der Waals surface area contributed by atoms with E-state index in [2.05, 4.69) is 25.1 Å². The fourth-order valence-corrected chi connectivity index (χ4v) is 4.62. The smallest absolute Gasteiger partial charge is 0.254 e. The van der Waals surface area contributed by atoms with Gasteiger partial charge in [-0.25, -0.2) is 0 Å². The van der Waals surface area contributed by atoms with E-state index in [1.54, 1.807) is 32.4 Å². The van der Waals surface area contributed by atoms with Gasteiger partial charge < -0.3 is 19.3 Å². The molecule has 6 heteroatoms. The molecule has 0 saturated carbocycles. The number of anilines is 1. The van der Waals surface area contributed by atoms with Crippen molar-refractivity contribution in [3.8, 4) is 11.5 Å². The quantitative estimate of drug-likeness (QED) is 0.751. The summed E-state index contributed by atoms with van der Waals surface area (Å²) in [5.74, 6) is 1.27. The molecule has 31 heavy (non-hydrogen) atoms. The first-order valence-electron chi connectivity index (χ1n) is 10.9. The largest absolute Gasteiger partial charge is 0.497 e. The number of aryl methyl sites for hydroxylation is 2. The van der Waals surface area contributed by atoms with E-state index in [9.17, 15) is 9.59 Å². The lowest BCUT2D eigenvalue weighted by molar-refractivity contribution is -0.123. The monoisotopic (exact) mass is 422 g/mol. The zero-order valence-electron chi connectivity index (χ0n) is 18.5. The summed E-state index contributed by atoms with van der Waals surface area (Å²) >= 11 is 0. The number of hydrogen-bond acceptors (Lipinski definition) is 4. The lowest BCUT2D eigenvalue weighted by Gasteiger charge is -2.36. The molecule has 0 radical (unpaired) electrons. The van der Waals surface area contributed by atoms with Crippen LogP contribution in [-0.2, 0) is 11.2 Å². The van der Waals surface area contributed by atoms with Gasteiger partial charge in [-0.3, -0.25) is 9.59 Å².